The Morgan fingerprint density at radius 1 is 0.780 bits per heavy atom. The van der Waals surface area contributed by atoms with Crippen LogP contribution in [0.5, 0.6) is 5.75 Å². The van der Waals surface area contributed by atoms with Crippen molar-refractivity contribution < 1.29 is 44.5 Å². The summed E-state index contributed by atoms with van der Waals surface area (Å²) in [5.74, 6) is 0.882. The van der Waals surface area contributed by atoms with Crippen molar-refractivity contribution in [2.75, 3.05) is 46.7 Å². The Labute approximate surface area is 270 Å². The fourth-order valence-electron chi connectivity index (χ4n) is 4.49. The molecule has 7 nitrogen and oxygen atoms in total. The Kier molecular flexibility index (Phi) is 28.3. The molecule has 0 saturated heterocycles. The van der Waals surface area contributed by atoms with Crippen LogP contribution in [0.3, 0.4) is 0 Å². The predicted molar refractivity (Wildman–Crippen MR) is 171 cm³/mol. The van der Waals surface area contributed by atoms with Crippen molar-refractivity contribution in [2.24, 2.45) is 0 Å². The number of methoxy groups -OCH3 is 1. The van der Waals surface area contributed by atoms with E-state index < -0.39 is 23.9 Å². The van der Waals surface area contributed by atoms with E-state index in [4.69, 9.17) is 22.0 Å². The number of unbranched alkanes of at least 4 members (excludes halogenated alkanes) is 14. The van der Waals surface area contributed by atoms with E-state index in [1.54, 1.807) is 7.11 Å². The number of hydrogen-bond donors (Lipinski definition) is 1. The molecule has 0 radical (unpaired) electrons. The topological polar surface area (TPSA) is 75.3 Å². The number of rotatable bonds is 30. The summed E-state index contributed by atoms with van der Waals surface area (Å²) in [7, 11) is 1.65. The van der Waals surface area contributed by atoms with Crippen molar-refractivity contribution in [1.82, 2.24) is 5.32 Å². The van der Waals surface area contributed by atoms with Gasteiger partial charge in [-0.2, -0.15) is 0 Å². The molecule has 0 heterocycles. The first-order chi connectivity index (χ1) is 20.2. The Hall–Kier alpha value is -0.210. The van der Waals surface area contributed by atoms with Crippen LogP contribution in [0.15, 0.2) is 24.3 Å². The molecule has 1 aromatic rings. The van der Waals surface area contributed by atoms with Gasteiger partial charge in [0.2, 0.25) is 0 Å². The van der Waals surface area contributed by atoms with Crippen LogP contribution in [0.4, 0.5) is 0 Å². The summed E-state index contributed by atoms with van der Waals surface area (Å²) in [6.45, 7) is 5.32. The zero-order chi connectivity index (χ0) is 29.6. The van der Waals surface area contributed by atoms with Gasteiger partial charge in [-0.05, 0) is 0 Å². The molecule has 0 aliphatic rings. The number of carbonyl (C=O) groups is 1. The molecule has 1 aromatic carbocycles. The molecule has 0 aliphatic heterocycles. The Bertz CT molecular complexity index is 710. The average molecular weight is 805 g/mol. The molecule has 1 amide bonds. The second-order valence-electron chi connectivity index (χ2n) is 10.4. The third kappa shape index (κ3) is 23.9. The van der Waals surface area contributed by atoms with Crippen molar-refractivity contribution in [3.63, 3.8) is 0 Å². The second-order valence-corrected chi connectivity index (χ2v) is 13.5. The van der Waals surface area contributed by atoms with E-state index in [2.05, 4.69) is 30.9 Å². The van der Waals surface area contributed by atoms with Gasteiger partial charge < -0.3 is 4.74 Å². The van der Waals surface area contributed by atoms with E-state index >= 15 is 0 Å². The molecule has 0 aromatic heterocycles. The van der Waals surface area contributed by atoms with E-state index in [-0.39, 0.29) is 5.91 Å². The van der Waals surface area contributed by atoms with E-state index in [0.717, 1.165) is 24.2 Å². The quantitative estimate of drug-likeness (QED) is 0.0631. The maximum atomic E-state index is 12.2. The van der Waals surface area contributed by atoms with Gasteiger partial charge in [-0.1, -0.05) is 77.6 Å². The van der Waals surface area contributed by atoms with Crippen LogP contribution in [-0.4, -0.2) is 52.6 Å². The number of ether oxygens (including phenoxy) is 4. The Morgan fingerprint density at radius 3 is 1.90 bits per heavy atom. The molecule has 1 rings (SSSR count). The summed E-state index contributed by atoms with van der Waals surface area (Å²) < 4.78 is 27.9. The molecular weight excluding hydrogens is 748 g/mol. The number of amides is 1. The van der Waals surface area contributed by atoms with Crippen molar-refractivity contribution in [3.8, 4) is 5.75 Å². The van der Waals surface area contributed by atoms with Crippen molar-refractivity contribution in [2.45, 2.75) is 116 Å². The standard InChI is InChI=1S/C32H56I2NO6/c1-3-4-5-6-7-8-9-10-11-12-13-14-15-16-17-18-31(36)35-23-24-40-32(41-34-33)29-19-21-30(22-20-29)39-28-27-38-26-25-37-2/h19-22,32H,3-18,23-28H2,1-2H3,(H,35,36)/q-1. The summed E-state index contributed by atoms with van der Waals surface area (Å²) in [4.78, 5) is 12.2. The molecular formula is C32H56I2NO6-. The normalized spacial score (nSPS) is 12.1. The molecule has 0 spiro atoms. The van der Waals surface area contributed by atoms with Gasteiger partial charge >= 0.3 is 183 Å². The zero-order valence-electron chi connectivity index (χ0n) is 25.6. The fourth-order valence-corrected chi connectivity index (χ4v) is 6.28. The minimum atomic E-state index is -0.443. The fraction of sp³-hybridized carbons (Fsp3) is 0.781. The molecule has 1 unspecified atom stereocenters. The minimum absolute atomic E-state index is 0.106. The first kappa shape index (κ1) is 38.8. The van der Waals surface area contributed by atoms with E-state index in [9.17, 15) is 4.79 Å². The molecule has 0 aliphatic carbocycles. The van der Waals surface area contributed by atoms with Crippen LogP contribution in [-0.2, 0) is 22.1 Å². The number of nitrogens with one attached hydrogen (secondary N) is 1. The monoisotopic (exact) mass is 804 g/mol. The summed E-state index contributed by atoms with van der Waals surface area (Å²) in [6, 6.07) is 7.73. The van der Waals surface area contributed by atoms with Crippen LogP contribution in [0, 0.1) is 0 Å². The second kappa shape index (κ2) is 29.8. The van der Waals surface area contributed by atoms with E-state index in [1.165, 1.54) is 83.5 Å². The maximum absolute atomic E-state index is 12.2. The summed E-state index contributed by atoms with van der Waals surface area (Å²) in [5, 5.41) is 2.98. The Balaban J connectivity index is 2.02. The number of carbonyl (C=O) groups excluding carboxylic acids is 1. The van der Waals surface area contributed by atoms with Crippen LogP contribution in [0.25, 0.3) is 0 Å². The molecule has 9 heteroatoms. The van der Waals surface area contributed by atoms with Crippen molar-refractivity contribution in [1.29, 1.82) is 0 Å². The van der Waals surface area contributed by atoms with Crippen LogP contribution >= 0.6 is 18.6 Å². The molecule has 0 fully saturated rings. The summed E-state index contributed by atoms with van der Waals surface area (Å²) >= 11 is 1.83. The van der Waals surface area contributed by atoms with Gasteiger partial charge in [0.1, 0.15) is 0 Å². The van der Waals surface area contributed by atoms with Crippen LogP contribution < -0.4 is 27.7 Å². The molecule has 1 N–H and O–H groups in total. The third-order valence-corrected chi connectivity index (χ3v) is 8.84. The Morgan fingerprint density at radius 2 is 1.34 bits per heavy atom. The van der Waals surface area contributed by atoms with Gasteiger partial charge in [0.05, 0.1) is 0 Å². The van der Waals surface area contributed by atoms with Crippen molar-refractivity contribution in [3.05, 3.63) is 29.8 Å². The van der Waals surface area contributed by atoms with Crippen LogP contribution in [0.1, 0.15) is 122 Å². The molecule has 0 saturated carbocycles. The predicted octanol–water partition coefficient (Wildman–Crippen LogP) is 5.49. The molecule has 0 bridgehead atoms. The summed E-state index contributed by atoms with van der Waals surface area (Å²) in [5.41, 5.74) is 0.939. The summed E-state index contributed by atoms with van der Waals surface area (Å²) in [6.07, 6.45) is 20.1. The van der Waals surface area contributed by atoms with Gasteiger partial charge in [-0.3, -0.25) is 0 Å². The number of hydrogen-bond acceptors (Lipinski definition) is 6. The van der Waals surface area contributed by atoms with Gasteiger partial charge in [0.25, 0.3) is 0 Å². The van der Waals surface area contributed by atoms with E-state index in [1.807, 2.05) is 24.3 Å². The first-order valence-corrected chi connectivity index (χ1v) is 23.0. The molecule has 41 heavy (non-hydrogen) atoms. The van der Waals surface area contributed by atoms with Crippen LogP contribution in [0.2, 0.25) is 0 Å². The van der Waals surface area contributed by atoms with Crippen molar-refractivity contribution >= 4 is 24.5 Å². The SMILES string of the molecule is CCCCCCCCCCCCCCCCCC(=O)NCCOC(O[I-]I)c1ccc(OCCOCCOC)cc1. The molecule has 1 atom stereocenters. The van der Waals surface area contributed by atoms with Gasteiger partial charge in [0.15, 0.2) is 0 Å². The number of benzene rings is 1. The van der Waals surface area contributed by atoms with Gasteiger partial charge in [-0.25, -0.2) is 0 Å². The zero-order valence-corrected chi connectivity index (χ0v) is 30.0. The average Bonchev–Trinajstić information content (AvgIpc) is 2.99. The molecule has 240 valence electrons. The first-order valence-electron chi connectivity index (χ1n) is 15.8. The van der Waals surface area contributed by atoms with E-state index in [0.29, 0.717) is 46.0 Å². The third-order valence-electron chi connectivity index (χ3n) is 6.90. The van der Waals surface area contributed by atoms with Gasteiger partial charge in [0, 0.05) is 7.11 Å². The van der Waals surface area contributed by atoms with Gasteiger partial charge in [-0.15, -0.1) is 0 Å². The number of halogens is 2.